The first-order valence-corrected chi connectivity index (χ1v) is 13.0. The van der Waals surface area contributed by atoms with Gasteiger partial charge in [-0.1, -0.05) is 61.9 Å². The van der Waals surface area contributed by atoms with Gasteiger partial charge in [0.15, 0.2) is 0 Å². The van der Waals surface area contributed by atoms with Gasteiger partial charge in [-0.05, 0) is 31.4 Å². The Morgan fingerprint density at radius 3 is 2.59 bits per heavy atom. The standard InChI is InChI=1S/C25H30N4O3S2/c1-3-4-7-12-29-24(32)20(34-25(29)33)15-18-21(28-13-10-16(11-14-28)22(26)30)17-8-5-6-9-19(17)27(2)23(18)31/h5-6,8-9,15-16H,3-4,7,10-14H2,1-2H3,(H2,26,30). The van der Waals surface area contributed by atoms with Crippen LogP contribution in [0.4, 0.5) is 5.69 Å². The van der Waals surface area contributed by atoms with E-state index in [4.69, 9.17) is 18.0 Å². The van der Waals surface area contributed by atoms with E-state index in [9.17, 15) is 14.4 Å². The Morgan fingerprint density at radius 2 is 1.91 bits per heavy atom. The van der Waals surface area contributed by atoms with E-state index in [0.29, 0.717) is 47.3 Å². The highest BCUT2D eigenvalue weighted by atomic mass is 32.2. The molecule has 2 amide bonds. The number of primary amides is 1. The number of carbonyl (C=O) groups is 2. The number of thioether (sulfide) groups is 1. The average molecular weight is 499 g/mol. The van der Waals surface area contributed by atoms with E-state index in [0.717, 1.165) is 35.9 Å². The fourth-order valence-corrected chi connectivity index (χ4v) is 6.00. The summed E-state index contributed by atoms with van der Waals surface area (Å²) < 4.78 is 2.16. The summed E-state index contributed by atoms with van der Waals surface area (Å²) in [6.07, 6.45) is 5.98. The Labute approximate surface area is 209 Å². The fourth-order valence-electron chi connectivity index (χ4n) is 4.71. The predicted molar refractivity (Wildman–Crippen MR) is 143 cm³/mol. The minimum Gasteiger partial charge on any atom is -0.370 e. The number of carbonyl (C=O) groups excluding carboxylic acids is 2. The number of unbranched alkanes of at least 4 members (excludes halogenated alkanes) is 2. The van der Waals surface area contributed by atoms with E-state index in [1.54, 1.807) is 22.6 Å². The number of benzene rings is 1. The van der Waals surface area contributed by atoms with Gasteiger partial charge in [-0.2, -0.15) is 0 Å². The molecule has 0 saturated carbocycles. The number of amides is 2. The van der Waals surface area contributed by atoms with Crippen LogP contribution < -0.4 is 16.2 Å². The second-order valence-electron chi connectivity index (χ2n) is 8.85. The normalized spacial score (nSPS) is 18.5. The van der Waals surface area contributed by atoms with Crippen LogP contribution in [0.3, 0.4) is 0 Å². The highest BCUT2D eigenvalue weighted by Gasteiger charge is 2.33. The molecule has 3 heterocycles. The quantitative estimate of drug-likeness (QED) is 0.356. The maximum atomic E-state index is 13.5. The van der Waals surface area contributed by atoms with Crippen LogP contribution in [-0.4, -0.2) is 45.2 Å². The van der Waals surface area contributed by atoms with Crippen molar-refractivity contribution in [2.24, 2.45) is 18.7 Å². The lowest BCUT2D eigenvalue weighted by molar-refractivity contribution is -0.123. The lowest BCUT2D eigenvalue weighted by atomic mass is 9.94. The summed E-state index contributed by atoms with van der Waals surface area (Å²) in [6, 6.07) is 7.78. The van der Waals surface area contributed by atoms with Crippen LogP contribution in [0.15, 0.2) is 34.0 Å². The lowest BCUT2D eigenvalue weighted by Crippen LogP contribution is -2.40. The summed E-state index contributed by atoms with van der Waals surface area (Å²) >= 11 is 6.74. The summed E-state index contributed by atoms with van der Waals surface area (Å²) in [5, 5.41) is 0.937. The van der Waals surface area contributed by atoms with Gasteiger partial charge in [0, 0.05) is 38.0 Å². The van der Waals surface area contributed by atoms with Crippen LogP contribution in [0.25, 0.3) is 17.0 Å². The summed E-state index contributed by atoms with van der Waals surface area (Å²) in [7, 11) is 1.75. The summed E-state index contributed by atoms with van der Waals surface area (Å²) in [6.45, 7) is 3.94. The summed E-state index contributed by atoms with van der Waals surface area (Å²) in [5.41, 5.74) is 7.47. The van der Waals surface area contributed by atoms with Crippen molar-refractivity contribution in [1.82, 2.24) is 9.47 Å². The van der Waals surface area contributed by atoms with Gasteiger partial charge in [0.25, 0.3) is 11.5 Å². The first-order chi connectivity index (χ1) is 16.3. The fraction of sp³-hybridized carbons (Fsp3) is 0.440. The molecule has 4 rings (SSSR count). The van der Waals surface area contributed by atoms with Crippen LogP contribution in [0.1, 0.15) is 44.6 Å². The number of rotatable bonds is 7. The van der Waals surface area contributed by atoms with Crippen molar-refractivity contribution in [1.29, 1.82) is 0 Å². The number of thiocarbonyl (C=S) groups is 1. The smallest absolute Gasteiger partial charge is 0.266 e. The van der Waals surface area contributed by atoms with E-state index in [2.05, 4.69) is 11.8 Å². The van der Waals surface area contributed by atoms with Gasteiger partial charge in [0.1, 0.15) is 4.32 Å². The van der Waals surface area contributed by atoms with Gasteiger partial charge in [-0.3, -0.25) is 19.3 Å². The molecule has 180 valence electrons. The molecule has 34 heavy (non-hydrogen) atoms. The van der Waals surface area contributed by atoms with Gasteiger partial charge < -0.3 is 15.2 Å². The van der Waals surface area contributed by atoms with Gasteiger partial charge in [0.05, 0.1) is 21.7 Å². The van der Waals surface area contributed by atoms with Gasteiger partial charge in [0.2, 0.25) is 5.91 Å². The Morgan fingerprint density at radius 1 is 1.21 bits per heavy atom. The second-order valence-corrected chi connectivity index (χ2v) is 10.5. The number of nitrogens with two attached hydrogens (primary N) is 1. The van der Waals surface area contributed by atoms with Crippen LogP contribution in [0, 0.1) is 5.92 Å². The van der Waals surface area contributed by atoms with Gasteiger partial charge in [-0.15, -0.1) is 0 Å². The number of fused-ring (bicyclic) bond motifs is 1. The minimum atomic E-state index is -0.277. The molecule has 2 saturated heterocycles. The topological polar surface area (TPSA) is 88.6 Å². The van der Waals surface area contributed by atoms with E-state index in [-0.39, 0.29) is 23.3 Å². The molecule has 9 heteroatoms. The number of pyridine rings is 1. The van der Waals surface area contributed by atoms with Crippen LogP contribution >= 0.6 is 24.0 Å². The van der Waals surface area contributed by atoms with E-state index in [1.807, 2.05) is 24.3 Å². The van der Waals surface area contributed by atoms with Crippen LogP contribution in [0.5, 0.6) is 0 Å². The summed E-state index contributed by atoms with van der Waals surface area (Å²) in [5.74, 6) is -0.572. The zero-order chi connectivity index (χ0) is 24.4. The lowest BCUT2D eigenvalue weighted by Gasteiger charge is -2.34. The molecular weight excluding hydrogens is 468 g/mol. The first-order valence-electron chi connectivity index (χ1n) is 11.7. The highest BCUT2D eigenvalue weighted by molar-refractivity contribution is 8.26. The maximum absolute atomic E-state index is 13.5. The second kappa shape index (κ2) is 10.3. The molecule has 1 aromatic heterocycles. The van der Waals surface area contributed by atoms with Crippen molar-refractivity contribution in [3.63, 3.8) is 0 Å². The third-order valence-corrected chi connectivity index (χ3v) is 8.04. The zero-order valence-electron chi connectivity index (χ0n) is 19.6. The SMILES string of the molecule is CCCCCN1C(=O)C(=Cc2c(N3CCC(C(N)=O)CC3)c3ccccc3n(C)c2=O)SC1=S. The van der Waals surface area contributed by atoms with Crippen LogP contribution in [-0.2, 0) is 16.6 Å². The van der Waals surface area contributed by atoms with Crippen molar-refractivity contribution in [2.75, 3.05) is 24.5 Å². The molecule has 0 radical (unpaired) electrons. The molecule has 2 fully saturated rings. The predicted octanol–water partition coefficient (Wildman–Crippen LogP) is 3.63. The third kappa shape index (κ3) is 4.63. The number of aryl methyl sites for hydroxylation is 1. The molecule has 1 aromatic carbocycles. The number of hydrogen-bond donors (Lipinski definition) is 1. The molecule has 0 bridgehead atoms. The number of aromatic nitrogens is 1. The largest absolute Gasteiger partial charge is 0.370 e. The first kappa shape index (κ1) is 24.5. The van der Waals surface area contributed by atoms with E-state index in [1.165, 1.54) is 11.8 Å². The number of nitrogens with zero attached hydrogens (tertiary/aromatic N) is 3. The molecular formula is C25H30N4O3S2. The number of hydrogen-bond acceptors (Lipinski definition) is 6. The minimum absolute atomic E-state index is 0.139. The monoisotopic (exact) mass is 498 g/mol. The van der Waals surface area contributed by atoms with Crippen molar-refractivity contribution in [3.8, 4) is 0 Å². The van der Waals surface area contributed by atoms with E-state index < -0.39 is 0 Å². The Balaban J connectivity index is 1.79. The van der Waals surface area contributed by atoms with Crippen molar-refractivity contribution < 1.29 is 9.59 Å². The molecule has 0 atom stereocenters. The Bertz CT molecular complexity index is 1230. The Hall–Kier alpha value is -2.65. The molecule has 2 aromatic rings. The zero-order valence-corrected chi connectivity index (χ0v) is 21.2. The molecule has 0 spiro atoms. The Kier molecular flexibility index (Phi) is 7.42. The number of para-hydroxylation sites is 1. The number of anilines is 1. The maximum Gasteiger partial charge on any atom is 0.266 e. The average Bonchev–Trinajstić information content (AvgIpc) is 3.10. The molecule has 7 nitrogen and oxygen atoms in total. The molecule has 0 unspecified atom stereocenters. The van der Waals surface area contributed by atoms with E-state index >= 15 is 0 Å². The molecule has 2 aliphatic rings. The molecule has 0 aliphatic carbocycles. The number of piperidine rings is 1. The summed E-state index contributed by atoms with van der Waals surface area (Å²) in [4.78, 5) is 42.6. The van der Waals surface area contributed by atoms with Crippen molar-refractivity contribution in [2.45, 2.75) is 39.0 Å². The highest BCUT2D eigenvalue weighted by Crippen LogP contribution is 2.37. The van der Waals surface area contributed by atoms with Crippen LogP contribution in [0.2, 0.25) is 0 Å². The molecule has 2 aliphatic heterocycles. The third-order valence-electron chi connectivity index (χ3n) is 6.66. The van der Waals surface area contributed by atoms with Gasteiger partial charge >= 0.3 is 0 Å². The van der Waals surface area contributed by atoms with Gasteiger partial charge in [-0.25, -0.2) is 0 Å². The van der Waals surface area contributed by atoms with Crippen molar-refractivity contribution >= 4 is 62.8 Å². The van der Waals surface area contributed by atoms with Crippen molar-refractivity contribution in [3.05, 3.63) is 45.1 Å². The molecule has 2 N–H and O–H groups in total.